The number of carbonyl (C=O) groups is 1. The number of ether oxygens (including phenoxy) is 2. The van der Waals surface area contributed by atoms with Crippen LogP contribution in [0.5, 0.6) is 11.5 Å². The van der Waals surface area contributed by atoms with Gasteiger partial charge in [-0.1, -0.05) is 36.4 Å². The van der Waals surface area contributed by atoms with Crippen LogP contribution in [0, 0.1) is 0 Å². The molecule has 1 amide bonds. The van der Waals surface area contributed by atoms with Gasteiger partial charge in [0.1, 0.15) is 11.5 Å². The third kappa shape index (κ3) is 6.47. The molecule has 0 bridgehead atoms. The van der Waals surface area contributed by atoms with Crippen LogP contribution >= 0.6 is 0 Å². The molecule has 2 aromatic carbocycles. The highest BCUT2D eigenvalue weighted by molar-refractivity contribution is 5.65. The maximum atomic E-state index is 11.1. The minimum Gasteiger partial charge on any atom is -0.497 e. The first-order valence-electron chi connectivity index (χ1n) is 8.66. The van der Waals surface area contributed by atoms with Gasteiger partial charge in [-0.2, -0.15) is 0 Å². The maximum Gasteiger partial charge on any atom is 0.404 e. The lowest BCUT2D eigenvalue weighted by atomic mass is 10.0. The molecular formula is C20H26N2O5. The van der Waals surface area contributed by atoms with Gasteiger partial charge in [-0.05, 0) is 18.1 Å². The maximum absolute atomic E-state index is 11.1. The third-order valence-electron chi connectivity index (χ3n) is 4.23. The predicted molar refractivity (Wildman–Crippen MR) is 102 cm³/mol. The first-order chi connectivity index (χ1) is 13.0. The van der Waals surface area contributed by atoms with Crippen LogP contribution in [0.3, 0.4) is 0 Å². The van der Waals surface area contributed by atoms with E-state index < -0.39 is 18.2 Å². The fraction of sp³-hybridized carbons (Fsp3) is 0.350. The van der Waals surface area contributed by atoms with Crippen molar-refractivity contribution in [2.45, 2.75) is 25.1 Å². The number of hydrogen-bond acceptors (Lipinski definition) is 5. The molecule has 7 heteroatoms. The van der Waals surface area contributed by atoms with Crippen LogP contribution in [0.15, 0.2) is 48.5 Å². The average molecular weight is 374 g/mol. The van der Waals surface area contributed by atoms with E-state index in [4.69, 9.17) is 14.6 Å². The van der Waals surface area contributed by atoms with Crippen molar-refractivity contribution in [3.8, 4) is 11.5 Å². The van der Waals surface area contributed by atoms with E-state index in [1.54, 1.807) is 20.3 Å². The number of hydrogen-bond donors (Lipinski definition) is 4. The van der Waals surface area contributed by atoms with Gasteiger partial charge in [-0.25, -0.2) is 4.79 Å². The molecule has 0 heterocycles. The topological polar surface area (TPSA) is 100 Å². The molecule has 4 N–H and O–H groups in total. The summed E-state index contributed by atoms with van der Waals surface area (Å²) in [6.45, 7) is 0.697. The standard InChI is InChI=1S/C20H26N2O5/c1-26-16-9-8-15(19(11-16)27-2)12-21-13-18(23)17(22-20(24)25)10-14-6-4-3-5-7-14/h3-9,11,17-18,21-23H,10,12-13H2,1-2H3,(H,24,25)/t17-,18+/m0/s1. The zero-order chi connectivity index (χ0) is 19.6. The van der Waals surface area contributed by atoms with Crippen LogP contribution < -0.4 is 20.1 Å². The summed E-state index contributed by atoms with van der Waals surface area (Å²) >= 11 is 0. The van der Waals surface area contributed by atoms with Gasteiger partial charge < -0.3 is 30.3 Å². The van der Waals surface area contributed by atoms with Crippen molar-refractivity contribution in [1.82, 2.24) is 10.6 Å². The zero-order valence-electron chi connectivity index (χ0n) is 15.5. The lowest BCUT2D eigenvalue weighted by Crippen LogP contribution is -2.48. The Balaban J connectivity index is 1.94. The highest BCUT2D eigenvalue weighted by Crippen LogP contribution is 2.24. The quantitative estimate of drug-likeness (QED) is 0.508. The second-order valence-electron chi connectivity index (χ2n) is 6.12. The molecule has 0 radical (unpaired) electrons. The van der Waals surface area contributed by atoms with Crippen molar-refractivity contribution in [1.29, 1.82) is 0 Å². The molecule has 0 fully saturated rings. The van der Waals surface area contributed by atoms with Crippen LogP contribution in [0.1, 0.15) is 11.1 Å². The fourth-order valence-electron chi connectivity index (χ4n) is 2.80. The first kappa shape index (κ1) is 20.5. The fourth-order valence-corrected chi connectivity index (χ4v) is 2.80. The largest absolute Gasteiger partial charge is 0.497 e. The number of benzene rings is 2. The average Bonchev–Trinajstić information content (AvgIpc) is 2.68. The van der Waals surface area contributed by atoms with Gasteiger partial charge in [0.15, 0.2) is 0 Å². The molecular weight excluding hydrogens is 348 g/mol. The second kappa shape index (κ2) is 10.4. The van der Waals surface area contributed by atoms with E-state index in [1.165, 1.54) is 0 Å². The van der Waals surface area contributed by atoms with Crippen molar-refractivity contribution in [3.63, 3.8) is 0 Å². The van der Waals surface area contributed by atoms with Crippen molar-refractivity contribution < 1.29 is 24.5 Å². The van der Waals surface area contributed by atoms with Gasteiger partial charge in [0.05, 0.1) is 26.4 Å². The van der Waals surface area contributed by atoms with Gasteiger partial charge in [0.2, 0.25) is 0 Å². The molecule has 0 saturated carbocycles. The number of carboxylic acid groups (broad SMARTS) is 1. The summed E-state index contributed by atoms with van der Waals surface area (Å²) in [6, 6.07) is 14.4. The molecule has 0 unspecified atom stereocenters. The molecule has 0 aromatic heterocycles. The van der Waals surface area contributed by atoms with E-state index >= 15 is 0 Å². The van der Waals surface area contributed by atoms with Gasteiger partial charge in [0.25, 0.3) is 0 Å². The summed E-state index contributed by atoms with van der Waals surface area (Å²) in [6.07, 6.45) is -1.64. The van der Waals surface area contributed by atoms with Crippen LogP contribution in [0.2, 0.25) is 0 Å². The zero-order valence-corrected chi connectivity index (χ0v) is 15.5. The molecule has 27 heavy (non-hydrogen) atoms. The Hall–Kier alpha value is -2.77. The molecule has 0 aliphatic carbocycles. The monoisotopic (exact) mass is 374 g/mol. The Morgan fingerprint density at radius 2 is 1.85 bits per heavy atom. The Bertz CT molecular complexity index is 724. The summed E-state index contributed by atoms with van der Waals surface area (Å²) in [7, 11) is 3.17. The minimum atomic E-state index is -1.16. The van der Waals surface area contributed by atoms with E-state index in [2.05, 4.69) is 10.6 Å². The Labute approximate surface area is 158 Å². The lowest BCUT2D eigenvalue weighted by molar-refractivity contribution is 0.117. The van der Waals surface area contributed by atoms with Crippen molar-refractivity contribution in [3.05, 3.63) is 59.7 Å². The molecule has 146 valence electrons. The van der Waals surface area contributed by atoms with Crippen molar-refractivity contribution in [2.75, 3.05) is 20.8 Å². The number of methoxy groups -OCH3 is 2. The normalized spacial score (nSPS) is 12.9. The van der Waals surface area contributed by atoms with Crippen molar-refractivity contribution in [2.24, 2.45) is 0 Å². The Kier molecular flexibility index (Phi) is 7.91. The van der Waals surface area contributed by atoms with E-state index in [0.717, 1.165) is 11.1 Å². The highest BCUT2D eigenvalue weighted by atomic mass is 16.5. The molecule has 7 nitrogen and oxygen atoms in total. The van der Waals surface area contributed by atoms with Crippen molar-refractivity contribution >= 4 is 6.09 Å². The summed E-state index contributed by atoms with van der Waals surface area (Å²) in [5, 5.41) is 25.1. The molecule has 2 rings (SSSR count). The third-order valence-corrected chi connectivity index (χ3v) is 4.23. The number of nitrogens with one attached hydrogen (secondary N) is 2. The van der Waals surface area contributed by atoms with Gasteiger partial charge in [-0.15, -0.1) is 0 Å². The second-order valence-corrected chi connectivity index (χ2v) is 6.12. The highest BCUT2D eigenvalue weighted by Gasteiger charge is 2.21. The molecule has 0 aliphatic heterocycles. The van der Waals surface area contributed by atoms with E-state index in [-0.39, 0.29) is 6.54 Å². The van der Waals surface area contributed by atoms with Crippen LogP contribution in [0.4, 0.5) is 4.79 Å². The number of aliphatic hydroxyl groups is 1. The Morgan fingerprint density at radius 1 is 1.11 bits per heavy atom. The number of amides is 1. The van der Waals surface area contributed by atoms with E-state index in [9.17, 15) is 9.90 Å². The van der Waals surface area contributed by atoms with E-state index in [1.807, 2.05) is 42.5 Å². The molecule has 0 aliphatic rings. The molecule has 2 atom stereocenters. The smallest absolute Gasteiger partial charge is 0.404 e. The summed E-state index contributed by atoms with van der Waals surface area (Å²) in [5.74, 6) is 1.38. The van der Waals surface area contributed by atoms with Crippen LogP contribution in [-0.4, -0.2) is 49.2 Å². The molecule has 2 aromatic rings. The SMILES string of the molecule is COc1ccc(CNC[C@@H](O)[C@H](Cc2ccccc2)NC(=O)O)c(OC)c1. The number of rotatable bonds is 10. The van der Waals surface area contributed by atoms with E-state index in [0.29, 0.717) is 24.5 Å². The summed E-state index contributed by atoms with van der Waals surface area (Å²) in [5.41, 5.74) is 1.86. The van der Waals surface area contributed by atoms with Gasteiger partial charge in [0, 0.05) is 24.7 Å². The summed E-state index contributed by atoms with van der Waals surface area (Å²) in [4.78, 5) is 11.1. The molecule has 0 saturated heterocycles. The summed E-state index contributed by atoms with van der Waals surface area (Å²) < 4.78 is 10.5. The van der Waals surface area contributed by atoms with Crippen LogP contribution in [0.25, 0.3) is 0 Å². The minimum absolute atomic E-state index is 0.229. The van der Waals surface area contributed by atoms with Crippen LogP contribution in [-0.2, 0) is 13.0 Å². The number of aliphatic hydroxyl groups excluding tert-OH is 1. The molecule has 0 spiro atoms. The predicted octanol–water partition coefficient (Wildman–Crippen LogP) is 2.03. The first-order valence-corrected chi connectivity index (χ1v) is 8.66. The van der Waals surface area contributed by atoms with Gasteiger partial charge in [-0.3, -0.25) is 0 Å². The van der Waals surface area contributed by atoms with Gasteiger partial charge >= 0.3 is 6.09 Å². The lowest BCUT2D eigenvalue weighted by Gasteiger charge is -2.23. The Morgan fingerprint density at radius 3 is 2.48 bits per heavy atom.